The molecule has 1 nitrogen and oxygen atoms in total. The van der Waals surface area contributed by atoms with Crippen LogP contribution in [-0.4, -0.2) is 12.1 Å². The predicted molar refractivity (Wildman–Crippen MR) is 144 cm³/mol. The fraction of sp³-hybridized carbons (Fsp3) is 0.867. The second-order valence-electron chi connectivity index (χ2n) is 9.16. The number of fused-ring (bicyclic) bond motifs is 6. The standard InChI is InChI=1S/C22H35N.4C2H6/c1-4-5-7-16-8-6-9-20-21(16,2)15-13-18-19-11-10-17(23-19)12-14-22(18,20)3;4*1-2/h7,9,17-19,23H,4-6,8,10-15H2,1-3H3;4*1-2H3/b16-7+;;;;. The maximum absolute atomic E-state index is 3.99. The van der Waals surface area contributed by atoms with E-state index in [0.29, 0.717) is 10.8 Å². The highest BCUT2D eigenvalue weighted by Gasteiger charge is 2.55. The van der Waals surface area contributed by atoms with E-state index < -0.39 is 0 Å². The van der Waals surface area contributed by atoms with Crippen LogP contribution in [0.15, 0.2) is 23.3 Å². The van der Waals surface area contributed by atoms with E-state index in [2.05, 4.69) is 38.2 Å². The molecule has 0 radical (unpaired) electrons. The lowest BCUT2D eigenvalue weighted by Gasteiger charge is -2.56. The minimum atomic E-state index is 0.377. The van der Waals surface area contributed by atoms with Crippen molar-refractivity contribution in [3.63, 3.8) is 0 Å². The van der Waals surface area contributed by atoms with Gasteiger partial charge in [-0.1, -0.05) is 106 Å². The van der Waals surface area contributed by atoms with Crippen LogP contribution in [0, 0.1) is 16.7 Å². The van der Waals surface area contributed by atoms with Crippen LogP contribution in [0.1, 0.15) is 140 Å². The van der Waals surface area contributed by atoms with Crippen LogP contribution in [0.2, 0.25) is 0 Å². The van der Waals surface area contributed by atoms with Crippen molar-refractivity contribution >= 4 is 0 Å². The Morgan fingerprint density at radius 1 is 0.903 bits per heavy atom. The number of nitrogens with one attached hydrogen (secondary N) is 1. The van der Waals surface area contributed by atoms with Gasteiger partial charge in [-0.25, -0.2) is 0 Å². The fourth-order valence-electron chi connectivity index (χ4n) is 6.65. The summed E-state index contributed by atoms with van der Waals surface area (Å²) in [5.74, 6) is 0.875. The summed E-state index contributed by atoms with van der Waals surface area (Å²) < 4.78 is 0. The zero-order valence-electron chi connectivity index (χ0n) is 23.5. The van der Waals surface area contributed by atoms with Crippen LogP contribution in [-0.2, 0) is 0 Å². The Hall–Kier alpha value is -0.560. The van der Waals surface area contributed by atoms with Crippen LogP contribution < -0.4 is 5.32 Å². The van der Waals surface area contributed by atoms with Crippen molar-refractivity contribution < 1.29 is 0 Å². The molecule has 3 fully saturated rings. The Morgan fingerprint density at radius 3 is 2.16 bits per heavy atom. The third-order valence-electron chi connectivity index (χ3n) is 7.91. The predicted octanol–water partition coefficient (Wildman–Crippen LogP) is 9.87. The van der Waals surface area contributed by atoms with Gasteiger partial charge in [0, 0.05) is 17.5 Å². The van der Waals surface area contributed by atoms with Gasteiger partial charge in [0.05, 0.1) is 0 Å². The number of unbranched alkanes of at least 4 members (excludes halogenated alkanes) is 1. The molecule has 31 heavy (non-hydrogen) atoms. The zero-order chi connectivity index (χ0) is 24.1. The van der Waals surface area contributed by atoms with Crippen LogP contribution in [0.25, 0.3) is 0 Å². The van der Waals surface area contributed by atoms with Crippen molar-refractivity contribution in [2.45, 2.75) is 152 Å². The van der Waals surface area contributed by atoms with Gasteiger partial charge in [-0.2, -0.15) is 0 Å². The third kappa shape index (κ3) is 6.49. The summed E-state index contributed by atoms with van der Waals surface area (Å²) in [5.41, 5.74) is 4.44. The maximum Gasteiger partial charge on any atom is 0.0107 e. The Morgan fingerprint density at radius 2 is 1.55 bits per heavy atom. The largest absolute Gasteiger partial charge is 0.311 e. The third-order valence-corrected chi connectivity index (χ3v) is 7.91. The zero-order valence-corrected chi connectivity index (χ0v) is 23.5. The highest BCUT2D eigenvalue weighted by molar-refractivity contribution is 5.39. The SMILES string of the molecule is CC.CC.CC.CC.CCC/C=C1\CCC=C2C1(C)CCC1C3CCC(CCC21C)N3. The molecule has 0 aromatic heterocycles. The summed E-state index contributed by atoms with van der Waals surface area (Å²) in [6.45, 7) is 23.5. The Bertz CT molecular complexity index is 531. The van der Waals surface area contributed by atoms with Crippen molar-refractivity contribution in [2.75, 3.05) is 0 Å². The average Bonchev–Trinajstić information content (AvgIpc) is 3.25. The molecule has 0 spiro atoms. The van der Waals surface area contributed by atoms with E-state index in [1.54, 1.807) is 5.57 Å². The van der Waals surface area contributed by atoms with Crippen LogP contribution in [0.4, 0.5) is 0 Å². The number of hydrogen-bond donors (Lipinski definition) is 1. The summed E-state index contributed by atoms with van der Waals surface area (Å²) in [6, 6.07) is 1.61. The smallest absolute Gasteiger partial charge is 0.0107 e. The molecule has 4 aliphatic rings. The van der Waals surface area contributed by atoms with Gasteiger partial charge >= 0.3 is 0 Å². The Balaban J connectivity index is 0.00000102. The Kier molecular flexibility index (Phi) is 15.0. The first-order chi connectivity index (χ1) is 15.1. The van der Waals surface area contributed by atoms with Crippen molar-refractivity contribution in [3.8, 4) is 0 Å². The molecule has 5 atom stereocenters. The molecular formula is C30H59N. The monoisotopic (exact) mass is 433 g/mol. The molecule has 2 aliphatic heterocycles. The van der Waals surface area contributed by atoms with E-state index in [1.165, 1.54) is 64.2 Å². The van der Waals surface area contributed by atoms with Gasteiger partial charge in [-0.3, -0.25) is 0 Å². The molecule has 2 saturated heterocycles. The van der Waals surface area contributed by atoms with Gasteiger partial charge in [0.15, 0.2) is 0 Å². The maximum atomic E-state index is 3.99. The van der Waals surface area contributed by atoms with Crippen LogP contribution >= 0.6 is 0 Å². The molecule has 0 amide bonds. The van der Waals surface area contributed by atoms with E-state index in [1.807, 2.05) is 61.0 Å². The van der Waals surface area contributed by atoms with E-state index in [0.717, 1.165) is 18.0 Å². The normalized spacial score (nSPS) is 36.2. The molecule has 1 N–H and O–H groups in total. The summed E-state index contributed by atoms with van der Waals surface area (Å²) in [4.78, 5) is 0. The van der Waals surface area contributed by atoms with Crippen molar-refractivity contribution in [2.24, 2.45) is 16.7 Å². The summed E-state index contributed by atoms with van der Waals surface area (Å²) >= 11 is 0. The summed E-state index contributed by atoms with van der Waals surface area (Å²) in [6.07, 6.45) is 18.9. The number of rotatable bonds is 2. The molecule has 1 heteroatoms. The molecule has 2 bridgehead atoms. The van der Waals surface area contributed by atoms with E-state index in [9.17, 15) is 0 Å². The van der Waals surface area contributed by atoms with Gasteiger partial charge in [0.1, 0.15) is 0 Å². The van der Waals surface area contributed by atoms with Crippen molar-refractivity contribution in [1.82, 2.24) is 5.32 Å². The lowest BCUT2D eigenvalue weighted by atomic mass is 9.49. The van der Waals surface area contributed by atoms with E-state index in [-0.39, 0.29) is 0 Å². The van der Waals surface area contributed by atoms with Crippen molar-refractivity contribution in [3.05, 3.63) is 23.3 Å². The topological polar surface area (TPSA) is 12.0 Å². The molecular weight excluding hydrogens is 374 g/mol. The second kappa shape index (κ2) is 15.3. The number of allylic oxidation sites excluding steroid dienone is 4. The van der Waals surface area contributed by atoms with Gasteiger partial charge in [-0.05, 0) is 69.1 Å². The van der Waals surface area contributed by atoms with Crippen LogP contribution in [0.5, 0.6) is 0 Å². The number of hydrogen-bond acceptors (Lipinski definition) is 1. The molecule has 2 heterocycles. The van der Waals surface area contributed by atoms with Gasteiger partial charge < -0.3 is 5.32 Å². The lowest BCUT2D eigenvalue weighted by molar-refractivity contribution is 0.0883. The van der Waals surface area contributed by atoms with Gasteiger partial charge in [0.25, 0.3) is 0 Å². The van der Waals surface area contributed by atoms with E-state index in [4.69, 9.17) is 0 Å². The minimum absolute atomic E-state index is 0.377. The minimum Gasteiger partial charge on any atom is -0.311 e. The highest BCUT2D eigenvalue weighted by atomic mass is 15.0. The van der Waals surface area contributed by atoms with Crippen LogP contribution in [0.3, 0.4) is 0 Å². The van der Waals surface area contributed by atoms with E-state index >= 15 is 0 Å². The first-order valence-electron chi connectivity index (χ1n) is 14.2. The molecule has 2 aliphatic carbocycles. The molecule has 0 aromatic rings. The average molecular weight is 434 g/mol. The second-order valence-corrected chi connectivity index (χ2v) is 9.16. The Labute approximate surface area is 197 Å². The molecule has 1 saturated carbocycles. The highest BCUT2D eigenvalue weighted by Crippen LogP contribution is 2.63. The molecule has 184 valence electrons. The molecule has 0 aromatic carbocycles. The summed E-state index contributed by atoms with van der Waals surface area (Å²) in [7, 11) is 0. The first-order valence-corrected chi connectivity index (χ1v) is 14.2. The molecule has 5 unspecified atom stereocenters. The first kappa shape index (κ1) is 30.4. The van der Waals surface area contributed by atoms with Gasteiger partial charge in [-0.15, -0.1) is 0 Å². The lowest BCUT2D eigenvalue weighted by Crippen LogP contribution is -2.49. The quantitative estimate of drug-likeness (QED) is 0.427. The fourth-order valence-corrected chi connectivity index (χ4v) is 6.65. The van der Waals surface area contributed by atoms with Gasteiger partial charge in [0.2, 0.25) is 0 Å². The molecule has 4 rings (SSSR count). The van der Waals surface area contributed by atoms with Crippen molar-refractivity contribution in [1.29, 1.82) is 0 Å². The summed E-state index contributed by atoms with van der Waals surface area (Å²) in [5, 5.41) is 3.99.